The molecule has 1 aliphatic heterocycles. The van der Waals surface area contributed by atoms with Crippen molar-refractivity contribution in [3.05, 3.63) is 35.9 Å². The lowest BCUT2D eigenvalue weighted by Gasteiger charge is -2.34. The molecule has 21 heavy (non-hydrogen) atoms. The molecule has 2 heteroatoms. The van der Waals surface area contributed by atoms with E-state index < -0.39 is 0 Å². The lowest BCUT2D eigenvalue weighted by atomic mass is 9.79. The lowest BCUT2D eigenvalue weighted by molar-refractivity contribution is 0.0655. The molecule has 0 aromatic heterocycles. The van der Waals surface area contributed by atoms with Gasteiger partial charge in [-0.05, 0) is 42.7 Å². The van der Waals surface area contributed by atoms with Gasteiger partial charge in [0.1, 0.15) is 0 Å². The Balaban J connectivity index is 1.82. The van der Waals surface area contributed by atoms with Gasteiger partial charge in [-0.25, -0.2) is 0 Å². The summed E-state index contributed by atoms with van der Waals surface area (Å²) in [6.07, 6.45) is 7.83. The first-order valence-corrected chi connectivity index (χ1v) is 8.43. The molecule has 0 radical (unpaired) electrons. The molecule has 3 rings (SSSR count). The van der Waals surface area contributed by atoms with Crippen LogP contribution in [0.15, 0.2) is 30.3 Å². The van der Waals surface area contributed by atoms with Crippen LogP contribution >= 0.6 is 0 Å². The smallest absolute Gasteiger partial charge is 0.254 e. The molecule has 1 heterocycles. The summed E-state index contributed by atoms with van der Waals surface area (Å²) < 4.78 is 0. The molecule has 0 bridgehead atoms. The molecule has 1 atom stereocenters. The van der Waals surface area contributed by atoms with Gasteiger partial charge < -0.3 is 4.90 Å². The Kier molecular flexibility index (Phi) is 4.05. The van der Waals surface area contributed by atoms with E-state index in [-0.39, 0.29) is 11.3 Å². The number of nitrogens with zero attached hydrogens (tertiary/aromatic N) is 1. The maximum absolute atomic E-state index is 12.9. The number of carbonyl (C=O) groups is 1. The van der Waals surface area contributed by atoms with Gasteiger partial charge in [-0.2, -0.15) is 0 Å². The number of benzene rings is 1. The molecule has 0 spiro atoms. The average molecular weight is 285 g/mol. The van der Waals surface area contributed by atoms with Crippen molar-refractivity contribution < 1.29 is 4.79 Å². The fourth-order valence-electron chi connectivity index (χ4n) is 4.23. The summed E-state index contributed by atoms with van der Waals surface area (Å²) in [6.45, 7) is 5.52. The predicted molar refractivity (Wildman–Crippen MR) is 86.2 cm³/mol. The second-order valence-electron chi connectivity index (χ2n) is 7.63. The number of likely N-dealkylation sites (tertiary alicyclic amines) is 1. The summed E-state index contributed by atoms with van der Waals surface area (Å²) in [6, 6.07) is 10.3. The normalized spacial score (nSPS) is 26.0. The van der Waals surface area contributed by atoms with Gasteiger partial charge in [0.15, 0.2) is 0 Å². The highest BCUT2D eigenvalue weighted by Crippen LogP contribution is 2.42. The molecule has 0 N–H and O–H groups in total. The fourth-order valence-corrected chi connectivity index (χ4v) is 4.23. The summed E-state index contributed by atoms with van der Waals surface area (Å²) in [5.41, 5.74) is 1.10. The quantitative estimate of drug-likeness (QED) is 0.783. The van der Waals surface area contributed by atoms with E-state index in [1.54, 1.807) is 0 Å². The molecule has 114 valence electrons. The fraction of sp³-hybridized carbons (Fsp3) is 0.632. The zero-order chi connectivity index (χ0) is 14.9. The molecule has 1 saturated carbocycles. The molecule has 1 saturated heterocycles. The third kappa shape index (κ3) is 3.14. The van der Waals surface area contributed by atoms with E-state index in [1.807, 2.05) is 30.3 Å². The van der Waals surface area contributed by atoms with Crippen LogP contribution in [0, 0.1) is 11.3 Å². The zero-order valence-corrected chi connectivity index (χ0v) is 13.3. The monoisotopic (exact) mass is 285 g/mol. The topological polar surface area (TPSA) is 20.3 Å². The van der Waals surface area contributed by atoms with Gasteiger partial charge in [0, 0.05) is 18.2 Å². The zero-order valence-electron chi connectivity index (χ0n) is 13.3. The summed E-state index contributed by atoms with van der Waals surface area (Å²) in [5.74, 6) is 0.949. The van der Waals surface area contributed by atoms with Crippen molar-refractivity contribution >= 4 is 5.91 Å². The first-order valence-electron chi connectivity index (χ1n) is 8.43. The minimum absolute atomic E-state index is 0.233. The van der Waals surface area contributed by atoms with E-state index in [9.17, 15) is 4.79 Å². The number of amides is 1. The Bertz CT molecular complexity index is 488. The van der Waals surface area contributed by atoms with Crippen LogP contribution in [0.2, 0.25) is 0 Å². The van der Waals surface area contributed by atoms with Gasteiger partial charge in [-0.3, -0.25) is 4.79 Å². The van der Waals surface area contributed by atoms with Gasteiger partial charge in [0.25, 0.3) is 5.91 Å². The summed E-state index contributed by atoms with van der Waals surface area (Å²) in [4.78, 5) is 15.1. The maximum Gasteiger partial charge on any atom is 0.254 e. The molecule has 1 amide bonds. The first kappa shape index (κ1) is 14.6. The summed E-state index contributed by atoms with van der Waals surface area (Å²) in [7, 11) is 0. The highest BCUT2D eigenvalue weighted by Gasteiger charge is 2.43. The van der Waals surface area contributed by atoms with Crippen LogP contribution in [0.3, 0.4) is 0 Å². The van der Waals surface area contributed by atoms with Crippen molar-refractivity contribution in [1.29, 1.82) is 0 Å². The Morgan fingerprint density at radius 3 is 2.43 bits per heavy atom. The van der Waals surface area contributed by atoms with E-state index in [0.717, 1.165) is 18.5 Å². The van der Waals surface area contributed by atoms with Crippen LogP contribution < -0.4 is 0 Å². The third-order valence-electron chi connectivity index (χ3n) is 5.24. The van der Waals surface area contributed by atoms with Crippen LogP contribution in [0.4, 0.5) is 0 Å². The van der Waals surface area contributed by atoms with Gasteiger partial charge in [0.2, 0.25) is 0 Å². The third-order valence-corrected chi connectivity index (χ3v) is 5.24. The van der Waals surface area contributed by atoms with Gasteiger partial charge >= 0.3 is 0 Å². The van der Waals surface area contributed by atoms with E-state index in [2.05, 4.69) is 18.7 Å². The van der Waals surface area contributed by atoms with Crippen molar-refractivity contribution in [3.63, 3.8) is 0 Å². The molecular weight excluding hydrogens is 258 g/mol. The van der Waals surface area contributed by atoms with Crippen molar-refractivity contribution in [2.75, 3.05) is 6.54 Å². The van der Waals surface area contributed by atoms with Gasteiger partial charge in [-0.15, -0.1) is 0 Å². The molecule has 1 aromatic rings. The highest BCUT2D eigenvalue weighted by atomic mass is 16.2. The van der Waals surface area contributed by atoms with E-state index in [4.69, 9.17) is 0 Å². The Hall–Kier alpha value is -1.31. The average Bonchev–Trinajstić information content (AvgIpc) is 2.84. The van der Waals surface area contributed by atoms with Crippen LogP contribution in [-0.2, 0) is 0 Å². The highest BCUT2D eigenvalue weighted by molar-refractivity contribution is 5.94. The molecule has 1 aliphatic carbocycles. The largest absolute Gasteiger partial charge is 0.335 e. The summed E-state index contributed by atoms with van der Waals surface area (Å²) >= 11 is 0. The van der Waals surface area contributed by atoms with E-state index in [0.29, 0.717) is 12.0 Å². The SMILES string of the molecule is CC1(C)CC(C2CCCCC2)N(C(=O)c2ccccc2)C1. The predicted octanol–water partition coefficient (Wildman–Crippen LogP) is 4.51. The Labute approximate surface area is 128 Å². The second kappa shape index (κ2) is 5.82. The van der Waals surface area contributed by atoms with E-state index in [1.165, 1.54) is 32.1 Å². The lowest BCUT2D eigenvalue weighted by Crippen LogP contribution is -2.41. The maximum atomic E-state index is 12.9. The van der Waals surface area contributed by atoms with Crippen LogP contribution in [0.1, 0.15) is 62.7 Å². The van der Waals surface area contributed by atoms with Crippen LogP contribution in [0.25, 0.3) is 0 Å². The number of rotatable bonds is 2. The molecule has 1 unspecified atom stereocenters. The second-order valence-corrected chi connectivity index (χ2v) is 7.63. The van der Waals surface area contributed by atoms with Crippen molar-refractivity contribution in [2.45, 2.75) is 58.4 Å². The first-order chi connectivity index (χ1) is 10.1. The van der Waals surface area contributed by atoms with Gasteiger partial charge in [0.05, 0.1) is 0 Å². The summed E-state index contributed by atoms with van der Waals surface area (Å²) in [5, 5.41) is 0. The van der Waals surface area contributed by atoms with Crippen LogP contribution in [0.5, 0.6) is 0 Å². The minimum Gasteiger partial charge on any atom is -0.335 e. The number of hydrogen-bond donors (Lipinski definition) is 0. The molecular formula is C19H27NO. The van der Waals surface area contributed by atoms with E-state index >= 15 is 0 Å². The van der Waals surface area contributed by atoms with Crippen molar-refractivity contribution in [1.82, 2.24) is 4.90 Å². The van der Waals surface area contributed by atoms with Crippen molar-refractivity contribution in [3.8, 4) is 0 Å². The molecule has 1 aromatic carbocycles. The van der Waals surface area contributed by atoms with Crippen LogP contribution in [-0.4, -0.2) is 23.4 Å². The Morgan fingerprint density at radius 1 is 1.10 bits per heavy atom. The number of hydrogen-bond acceptors (Lipinski definition) is 1. The standard InChI is InChI=1S/C19H27NO/c1-19(2)13-17(15-9-5-3-6-10-15)20(14-19)18(21)16-11-7-4-8-12-16/h4,7-8,11-12,15,17H,3,5-6,9-10,13-14H2,1-2H3. The molecule has 2 aliphatic rings. The molecule has 2 fully saturated rings. The Morgan fingerprint density at radius 2 is 1.76 bits per heavy atom. The van der Waals surface area contributed by atoms with Gasteiger partial charge in [-0.1, -0.05) is 51.3 Å². The van der Waals surface area contributed by atoms with Crippen molar-refractivity contribution in [2.24, 2.45) is 11.3 Å². The molecule has 2 nitrogen and oxygen atoms in total. The number of carbonyl (C=O) groups excluding carboxylic acids is 1. The minimum atomic E-state index is 0.233.